The van der Waals surface area contributed by atoms with Crippen LogP contribution in [0.25, 0.3) is 16.6 Å². The van der Waals surface area contributed by atoms with E-state index in [2.05, 4.69) is 46.7 Å². The normalized spacial score (nSPS) is 26.6. The second-order valence-electron chi connectivity index (χ2n) is 8.25. The SMILES string of the molecule is CCC(=O)OCC1=C[C@]2(CC)CCCN3CCc4c(n1c1ccccc41)[C@@H]32. The summed E-state index contributed by atoms with van der Waals surface area (Å²) >= 11 is 0. The number of aromatic nitrogens is 1. The van der Waals surface area contributed by atoms with Crippen molar-refractivity contribution in [2.45, 2.75) is 52.0 Å². The van der Waals surface area contributed by atoms with Crippen LogP contribution in [0.5, 0.6) is 0 Å². The zero-order chi connectivity index (χ0) is 18.6. The maximum atomic E-state index is 11.9. The van der Waals surface area contributed by atoms with Crippen molar-refractivity contribution < 1.29 is 9.53 Å². The van der Waals surface area contributed by atoms with Gasteiger partial charge in [0.2, 0.25) is 0 Å². The summed E-state index contributed by atoms with van der Waals surface area (Å²) in [4.78, 5) is 14.6. The molecule has 1 aromatic heterocycles. The number of carbonyl (C=O) groups is 1. The highest BCUT2D eigenvalue weighted by molar-refractivity contribution is 5.90. The lowest BCUT2D eigenvalue weighted by Gasteiger charge is -2.53. The Morgan fingerprint density at radius 1 is 1.26 bits per heavy atom. The highest BCUT2D eigenvalue weighted by Gasteiger charge is 2.50. The van der Waals surface area contributed by atoms with Crippen LogP contribution in [-0.4, -0.2) is 35.1 Å². The fourth-order valence-corrected chi connectivity index (χ4v) is 5.75. The van der Waals surface area contributed by atoms with Gasteiger partial charge in [0.25, 0.3) is 0 Å². The summed E-state index contributed by atoms with van der Waals surface area (Å²) in [6.07, 6.45) is 7.59. The van der Waals surface area contributed by atoms with Crippen molar-refractivity contribution in [2.24, 2.45) is 5.41 Å². The molecule has 1 fully saturated rings. The summed E-state index contributed by atoms with van der Waals surface area (Å²) in [5.74, 6) is -0.126. The van der Waals surface area contributed by atoms with E-state index >= 15 is 0 Å². The third kappa shape index (κ3) is 2.35. The van der Waals surface area contributed by atoms with E-state index in [1.807, 2.05) is 6.92 Å². The van der Waals surface area contributed by atoms with E-state index in [-0.39, 0.29) is 11.4 Å². The van der Waals surface area contributed by atoms with Gasteiger partial charge in [-0.05, 0) is 43.9 Å². The fourth-order valence-electron chi connectivity index (χ4n) is 5.75. The number of hydrogen-bond acceptors (Lipinski definition) is 3. The number of nitrogens with zero attached hydrogens (tertiary/aromatic N) is 2. The smallest absolute Gasteiger partial charge is 0.305 e. The zero-order valence-corrected chi connectivity index (χ0v) is 16.3. The van der Waals surface area contributed by atoms with E-state index < -0.39 is 0 Å². The Morgan fingerprint density at radius 2 is 2.11 bits per heavy atom. The molecule has 1 saturated heterocycles. The van der Waals surface area contributed by atoms with Crippen molar-refractivity contribution in [3.63, 3.8) is 0 Å². The van der Waals surface area contributed by atoms with Crippen LogP contribution >= 0.6 is 0 Å². The molecule has 0 unspecified atom stereocenters. The molecule has 0 saturated carbocycles. The number of fused-ring (bicyclic) bond motifs is 3. The lowest BCUT2D eigenvalue weighted by atomic mass is 9.66. The van der Waals surface area contributed by atoms with E-state index in [9.17, 15) is 4.79 Å². The number of benzene rings is 1. The molecule has 0 N–H and O–H groups in total. The van der Waals surface area contributed by atoms with E-state index in [1.54, 1.807) is 0 Å². The van der Waals surface area contributed by atoms with Crippen molar-refractivity contribution in [3.8, 4) is 0 Å². The van der Waals surface area contributed by atoms with Gasteiger partial charge in [0.1, 0.15) is 6.61 Å². The standard InChI is InChI=1S/C23H28N2O2/c1-3-20(26)27-15-16-14-23(4-2)11-7-12-24-13-10-18-17-8-5-6-9-19(17)25(16)21(18)22(23)24/h5-6,8-9,14,22H,3-4,7,10-13,15H2,1-2H3/t22-,23+/m1/s1. The molecule has 0 aliphatic carbocycles. The number of piperidine rings is 1. The minimum Gasteiger partial charge on any atom is -0.459 e. The Labute approximate surface area is 160 Å². The van der Waals surface area contributed by atoms with E-state index in [1.165, 1.54) is 41.5 Å². The van der Waals surface area contributed by atoms with E-state index in [0.29, 0.717) is 19.1 Å². The van der Waals surface area contributed by atoms with Crippen LogP contribution in [-0.2, 0) is 16.0 Å². The first-order chi connectivity index (χ1) is 13.2. The zero-order valence-electron chi connectivity index (χ0n) is 16.3. The second-order valence-corrected chi connectivity index (χ2v) is 8.25. The topological polar surface area (TPSA) is 34.5 Å². The highest BCUT2D eigenvalue weighted by atomic mass is 16.5. The number of esters is 1. The molecule has 4 heteroatoms. The predicted octanol–water partition coefficient (Wildman–Crippen LogP) is 4.54. The predicted molar refractivity (Wildman–Crippen MR) is 107 cm³/mol. The van der Waals surface area contributed by atoms with E-state index in [4.69, 9.17) is 4.74 Å². The molecule has 142 valence electrons. The van der Waals surface area contributed by atoms with Crippen LogP contribution in [0.4, 0.5) is 0 Å². The van der Waals surface area contributed by atoms with Gasteiger partial charge in [-0.2, -0.15) is 0 Å². The lowest BCUT2D eigenvalue weighted by molar-refractivity contribution is -0.141. The van der Waals surface area contributed by atoms with Crippen molar-refractivity contribution >= 4 is 22.6 Å². The van der Waals surface area contributed by atoms with Crippen LogP contribution in [0.3, 0.4) is 0 Å². The lowest BCUT2D eigenvalue weighted by Crippen LogP contribution is -2.50. The minimum absolute atomic E-state index is 0.126. The largest absolute Gasteiger partial charge is 0.459 e. The molecule has 0 spiro atoms. The molecule has 27 heavy (non-hydrogen) atoms. The minimum atomic E-state index is -0.126. The van der Waals surface area contributed by atoms with Crippen molar-refractivity contribution in [1.29, 1.82) is 0 Å². The van der Waals surface area contributed by atoms with Crippen LogP contribution in [0.2, 0.25) is 0 Å². The van der Waals surface area contributed by atoms with Crippen molar-refractivity contribution in [2.75, 3.05) is 19.7 Å². The average molecular weight is 364 g/mol. The summed E-state index contributed by atoms with van der Waals surface area (Å²) in [6, 6.07) is 9.20. The maximum Gasteiger partial charge on any atom is 0.305 e. The van der Waals surface area contributed by atoms with E-state index in [0.717, 1.165) is 25.1 Å². The first kappa shape index (κ1) is 17.1. The Kier molecular flexibility index (Phi) is 3.94. The highest BCUT2D eigenvalue weighted by Crippen LogP contribution is 2.56. The van der Waals surface area contributed by atoms with Gasteiger partial charge >= 0.3 is 5.97 Å². The van der Waals surface area contributed by atoms with Crippen LogP contribution < -0.4 is 0 Å². The molecular formula is C23H28N2O2. The van der Waals surface area contributed by atoms with Crippen molar-refractivity contribution in [3.05, 3.63) is 41.6 Å². The molecule has 0 bridgehead atoms. The van der Waals surface area contributed by atoms with Crippen LogP contribution in [0, 0.1) is 5.41 Å². The molecule has 3 aliphatic heterocycles. The molecule has 2 atom stereocenters. The van der Waals surface area contributed by atoms with Gasteiger partial charge in [-0.3, -0.25) is 9.69 Å². The second kappa shape index (κ2) is 6.23. The van der Waals surface area contributed by atoms with Gasteiger partial charge in [0.05, 0.1) is 17.3 Å². The quantitative estimate of drug-likeness (QED) is 0.747. The summed E-state index contributed by atoms with van der Waals surface area (Å²) in [6.45, 7) is 6.89. The van der Waals surface area contributed by atoms with Crippen LogP contribution in [0.1, 0.15) is 56.8 Å². The number of carbonyl (C=O) groups excluding carboxylic acids is 1. The first-order valence-electron chi connectivity index (χ1n) is 10.4. The summed E-state index contributed by atoms with van der Waals surface area (Å²) in [5.41, 5.74) is 5.55. The van der Waals surface area contributed by atoms with Crippen molar-refractivity contribution in [1.82, 2.24) is 9.47 Å². The molecule has 0 radical (unpaired) electrons. The number of para-hydroxylation sites is 1. The molecule has 4 nitrogen and oxygen atoms in total. The molecule has 1 aromatic carbocycles. The molecular weight excluding hydrogens is 336 g/mol. The number of ether oxygens (including phenoxy) is 1. The summed E-state index contributed by atoms with van der Waals surface area (Å²) in [7, 11) is 0. The van der Waals surface area contributed by atoms with Gasteiger partial charge in [-0.15, -0.1) is 0 Å². The number of hydrogen-bond donors (Lipinski definition) is 0. The monoisotopic (exact) mass is 364 g/mol. The molecule has 5 rings (SSSR count). The Morgan fingerprint density at radius 3 is 2.93 bits per heavy atom. The van der Waals surface area contributed by atoms with Gasteiger partial charge in [0, 0.05) is 29.5 Å². The summed E-state index contributed by atoms with van der Waals surface area (Å²) in [5, 5.41) is 1.37. The van der Waals surface area contributed by atoms with Gasteiger partial charge in [-0.25, -0.2) is 0 Å². The first-order valence-corrected chi connectivity index (χ1v) is 10.4. The van der Waals surface area contributed by atoms with Gasteiger partial charge < -0.3 is 9.30 Å². The number of rotatable bonds is 4. The Hall–Kier alpha value is -2.07. The van der Waals surface area contributed by atoms with Gasteiger partial charge in [-0.1, -0.05) is 38.1 Å². The molecule has 4 heterocycles. The third-order valence-electron chi connectivity index (χ3n) is 6.99. The fraction of sp³-hybridized carbons (Fsp3) is 0.522. The molecule has 3 aliphatic rings. The average Bonchev–Trinajstić information content (AvgIpc) is 3.06. The van der Waals surface area contributed by atoms with Gasteiger partial charge in [0.15, 0.2) is 0 Å². The molecule has 0 amide bonds. The Bertz CT molecular complexity index is 941. The summed E-state index contributed by atoms with van der Waals surface area (Å²) < 4.78 is 8.04. The Balaban J connectivity index is 1.74. The van der Waals surface area contributed by atoms with Crippen LogP contribution in [0.15, 0.2) is 30.3 Å². The molecule has 2 aromatic rings. The third-order valence-corrected chi connectivity index (χ3v) is 6.99. The maximum absolute atomic E-state index is 11.9.